The van der Waals surface area contributed by atoms with Crippen molar-refractivity contribution in [2.45, 2.75) is 26.2 Å². The monoisotopic (exact) mass is 410 g/mol. The number of benzene rings is 1. The molecule has 3 aromatic heterocycles. The second kappa shape index (κ2) is 7.19. The van der Waals surface area contributed by atoms with Gasteiger partial charge in [0.25, 0.3) is 0 Å². The summed E-state index contributed by atoms with van der Waals surface area (Å²) in [5, 5.41) is 0.0722. The number of fused-ring (bicyclic) bond motifs is 1. The predicted octanol–water partition coefficient (Wildman–Crippen LogP) is 5.98. The molecular weight excluding hydrogens is 391 g/mol. The van der Waals surface area contributed by atoms with Gasteiger partial charge in [0.05, 0.1) is 16.2 Å². The molecule has 7 heteroatoms. The first-order chi connectivity index (χ1) is 14.1. The van der Waals surface area contributed by atoms with Crippen molar-refractivity contribution in [3.63, 3.8) is 0 Å². The molecule has 1 N–H and O–H groups in total. The van der Waals surface area contributed by atoms with Gasteiger partial charge in [0.15, 0.2) is 11.6 Å². The van der Waals surface area contributed by atoms with E-state index in [0.717, 1.165) is 47.0 Å². The van der Waals surface area contributed by atoms with E-state index in [1.54, 1.807) is 12.1 Å². The number of piperidine rings is 1. The van der Waals surface area contributed by atoms with Crippen LogP contribution < -0.4 is 4.90 Å². The highest BCUT2D eigenvalue weighted by atomic mass is 35.5. The van der Waals surface area contributed by atoms with Gasteiger partial charge in [0, 0.05) is 18.7 Å². The van der Waals surface area contributed by atoms with E-state index in [4.69, 9.17) is 21.0 Å². The van der Waals surface area contributed by atoms with Gasteiger partial charge in [-0.15, -0.1) is 0 Å². The summed E-state index contributed by atoms with van der Waals surface area (Å²) in [7, 11) is 0. The maximum absolute atomic E-state index is 13.4. The zero-order valence-corrected chi connectivity index (χ0v) is 16.8. The molecule has 4 aromatic rings. The highest BCUT2D eigenvalue weighted by Gasteiger charge is 2.19. The van der Waals surface area contributed by atoms with Gasteiger partial charge in [0.2, 0.25) is 0 Å². The van der Waals surface area contributed by atoms with Crippen LogP contribution in [0.4, 0.5) is 10.2 Å². The Balaban J connectivity index is 1.54. The van der Waals surface area contributed by atoms with Crippen LogP contribution in [0.15, 0.2) is 40.8 Å². The van der Waals surface area contributed by atoms with Gasteiger partial charge < -0.3 is 14.3 Å². The number of hydrogen-bond acceptors (Lipinski definition) is 4. The quantitative estimate of drug-likeness (QED) is 0.451. The lowest BCUT2D eigenvalue weighted by Gasteiger charge is -2.28. The highest BCUT2D eigenvalue weighted by Crippen LogP contribution is 2.33. The minimum atomic E-state index is -0.447. The summed E-state index contributed by atoms with van der Waals surface area (Å²) in [6, 6.07) is 10.3. The number of aromatic nitrogens is 3. The van der Waals surface area contributed by atoms with Gasteiger partial charge >= 0.3 is 0 Å². The van der Waals surface area contributed by atoms with E-state index in [2.05, 4.69) is 14.9 Å². The molecule has 0 aliphatic carbocycles. The van der Waals surface area contributed by atoms with Crippen molar-refractivity contribution in [1.82, 2.24) is 15.0 Å². The first-order valence-electron chi connectivity index (χ1n) is 9.76. The van der Waals surface area contributed by atoms with E-state index < -0.39 is 5.82 Å². The summed E-state index contributed by atoms with van der Waals surface area (Å²) < 4.78 is 19.5. The third kappa shape index (κ3) is 3.38. The van der Waals surface area contributed by atoms with E-state index in [1.807, 2.05) is 25.1 Å². The van der Waals surface area contributed by atoms with Crippen molar-refractivity contribution in [1.29, 1.82) is 0 Å². The van der Waals surface area contributed by atoms with Gasteiger partial charge in [-0.25, -0.2) is 14.4 Å². The van der Waals surface area contributed by atoms with E-state index >= 15 is 0 Å². The summed E-state index contributed by atoms with van der Waals surface area (Å²) in [4.78, 5) is 15.1. The lowest BCUT2D eigenvalue weighted by molar-refractivity contribution is 0.574. The molecule has 4 heterocycles. The molecular formula is C22H20ClFN4O. The maximum Gasteiger partial charge on any atom is 0.156 e. The summed E-state index contributed by atoms with van der Waals surface area (Å²) >= 11 is 5.90. The van der Waals surface area contributed by atoms with Crippen LogP contribution in [0.1, 0.15) is 25.1 Å². The molecule has 5 nitrogen and oxygen atoms in total. The third-order valence-electron chi connectivity index (χ3n) is 5.30. The Morgan fingerprint density at radius 2 is 1.83 bits per heavy atom. The van der Waals surface area contributed by atoms with E-state index in [-0.39, 0.29) is 5.02 Å². The fourth-order valence-corrected chi connectivity index (χ4v) is 4.05. The molecule has 0 unspecified atom stereocenters. The van der Waals surface area contributed by atoms with Gasteiger partial charge in [0.1, 0.15) is 22.9 Å². The van der Waals surface area contributed by atoms with Crippen LogP contribution in [0.3, 0.4) is 0 Å². The molecule has 1 saturated heterocycles. The summed E-state index contributed by atoms with van der Waals surface area (Å²) in [5.74, 6) is 2.57. The molecule has 1 aliphatic rings. The number of H-pyrrole nitrogens is 1. The molecule has 0 radical (unpaired) electrons. The normalized spacial score (nSPS) is 14.7. The predicted molar refractivity (Wildman–Crippen MR) is 113 cm³/mol. The first-order valence-corrected chi connectivity index (χ1v) is 10.1. The van der Waals surface area contributed by atoms with Crippen molar-refractivity contribution in [3.05, 3.63) is 53.1 Å². The number of halogens is 2. The number of rotatable bonds is 3. The Morgan fingerprint density at radius 1 is 1.03 bits per heavy atom. The first kappa shape index (κ1) is 18.2. The third-order valence-corrected chi connectivity index (χ3v) is 5.59. The molecule has 0 saturated carbocycles. The number of aromatic amines is 1. The van der Waals surface area contributed by atoms with Crippen LogP contribution >= 0.6 is 11.6 Å². The molecule has 5 rings (SSSR count). The summed E-state index contributed by atoms with van der Waals surface area (Å²) in [6.07, 6.45) is 3.63. The van der Waals surface area contributed by atoms with Crippen LogP contribution in [0.25, 0.3) is 33.8 Å². The van der Waals surface area contributed by atoms with E-state index in [1.165, 1.54) is 25.3 Å². The number of anilines is 1. The molecule has 0 atom stereocenters. The van der Waals surface area contributed by atoms with Crippen LogP contribution in [-0.2, 0) is 0 Å². The number of aryl methyl sites for hydroxylation is 1. The van der Waals surface area contributed by atoms with Crippen LogP contribution in [0, 0.1) is 12.7 Å². The molecule has 29 heavy (non-hydrogen) atoms. The Labute approximate surface area is 172 Å². The molecule has 1 aliphatic heterocycles. The summed E-state index contributed by atoms with van der Waals surface area (Å²) in [5.41, 5.74) is 3.35. The van der Waals surface area contributed by atoms with Gasteiger partial charge in [-0.1, -0.05) is 11.6 Å². The van der Waals surface area contributed by atoms with Crippen molar-refractivity contribution < 1.29 is 8.81 Å². The van der Waals surface area contributed by atoms with E-state index in [9.17, 15) is 4.39 Å². The highest BCUT2D eigenvalue weighted by molar-refractivity contribution is 6.31. The maximum atomic E-state index is 13.4. The Hall–Kier alpha value is -2.86. The van der Waals surface area contributed by atoms with Crippen LogP contribution in [0.2, 0.25) is 5.02 Å². The number of furan rings is 1. The number of nitrogens with zero attached hydrogens (tertiary/aromatic N) is 3. The average molecular weight is 411 g/mol. The Bertz CT molecular complexity index is 1190. The second-order valence-corrected chi connectivity index (χ2v) is 7.79. The zero-order valence-electron chi connectivity index (χ0n) is 16.0. The fourth-order valence-electron chi connectivity index (χ4n) is 3.87. The lowest BCUT2D eigenvalue weighted by Crippen LogP contribution is -2.30. The molecule has 1 fully saturated rings. The number of nitrogens with one attached hydrogen (secondary N) is 1. The number of hydrogen-bond donors (Lipinski definition) is 1. The standard InChI is InChI=1S/C22H20ClFN4O/c1-13-25-18-12-17(27-21(18)22(26-13)28-9-3-2-4-10-28)20-8-7-19(29-20)14-5-6-16(24)15(23)11-14/h5-8,11-12,27H,2-4,9-10H2,1H3. The SMILES string of the molecule is Cc1nc(N2CCCCC2)c2[nH]c(-c3ccc(-c4ccc(F)c(Cl)c4)o3)cc2n1. The minimum absolute atomic E-state index is 0.0722. The smallest absolute Gasteiger partial charge is 0.156 e. The zero-order chi connectivity index (χ0) is 20.0. The van der Waals surface area contributed by atoms with Crippen molar-refractivity contribution >= 4 is 28.5 Å². The van der Waals surface area contributed by atoms with Crippen molar-refractivity contribution in [3.8, 4) is 22.8 Å². The molecule has 0 bridgehead atoms. The molecule has 0 amide bonds. The second-order valence-electron chi connectivity index (χ2n) is 7.38. The van der Waals surface area contributed by atoms with Gasteiger partial charge in [-0.05, 0) is 62.6 Å². The lowest BCUT2D eigenvalue weighted by atomic mass is 10.1. The van der Waals surface area contributed by atoms with Crippen molar-refractivity contribution in [2.75, 3.05) is 18.0 Å². The molecule has 1 aromatic carbocycles. The molecule has 148 valence electrons. The Kier molecular flexibility index (Phi) is 4.51. The van der Waals surface area contributed by atoms with Crippen LogP contribution in [-0.4, -0.2) is 28.0 Å². The average Bonchev–Trinajstić information content (AvgIpc) is 3.37. The Morgan fingerprint density at radius 3 is 2.62 bits per heavy atom. The van der Waals surface area contributed by atoms with Crippen LogP contribution in [0.5, 0.6) is 0 Å². The topological polar surface area (TPSA) is 58.0 Å². The van der Waals surface area contributed by atoms with Gasteiger partial charge in [-0.3, -0.25) is 0 Å². The minimum Gasteiger partial charge on any atom is -0.455 e. The van der Waals surface area contributed by atoms with E-state index in [0.29, 0.717) is 11.5 Å². The molecule has 0 spiro atoms. The largest absolute Gasteiger partial charge is 0.455 e. The van der Waals surface area contributed by atoms with Crippen molar-refractivity contribution in [2.24, 2.45) is 0 Å². The fraction of sp³-hybridized carbons (Fsp3) is 0.273. The summed E-state index contributed by atoms with van der Waals surface area (Å²) in [6.45, 7) is 3.94. The van der Waals surface area contributed by atoms with Gasteiger partial charge in [-0.2, -0.15) is 0 Å².